The third-order valence-corrected chi connectivity index (χ3v) is 2.62. The van der Waals surface area contributed by atoms with Gasteiger partial charge in [-0.05, 0) is 37.1 Å². The Morgan fingerprint density at radius 3 is 2.88 bits per heavy atom. The third kappa shape index (κ3) is 4.64. The summed E-state index contributed by atoms with van der Waals surface area (Å²) in [5.41, 5.74) is 2.18. The molecule has 0 bridgehead atoms. The van der Waals surface area contributed by atoms with Crippen molar-refractivity contribution in [2.45, 2.75) is 26.3 Å². The second-order valence-electron chi connectivity index (χ2n) is 3.77. The van der Waals surface area contributed by atoms with Gasteiger partial charge in [-0.2, -0.15) is 0 Å². The molecule has 0 saturated carbocycles. The van der Waals surface area contributed by atoms with Crippen LogP contribution in [0.1, 0.15) is 24.0 Å². The zero-order chi connectivity index (χ0) is 12.0. The number of carbonyl (C=O) groups is 1. The van der Waals surface area contributed by atoms with Gasteiger partial charge in [0, 0.05) is 18.0 Å². The molecule has 0 aromatic heterocycles. The lowest BCUT2D eigenvalue weighted by Gasteiger charge is -2.06. The van der Waals surface area contributed by atoms with Gasteiger partial charge in [0.2, 0.25) is 0 Å². The summed E-state index contributed by atoms with van der Waals surface area (Å²) in [7, 11) is 0. The molecule has 0 aliphatic carbocycles. The van der Waals surface area contributed by atoms with Gasteiger partial charge in [0.1, 0.15) is 0 Å². The van der Waals surface area contributed by atoms with Crippen LogP contribution in [0.25, 0.3) is 0 Å². The number of hydrogen-bond donors (Lipinski definition) is 2. The molecule has 2 N–H and O–H groups in total. The highest BCUT2D eigenvalue weighted by Gasteiger charge is 2.00. The molecule has 0 heterocycles. The fourth-order valence-corrected chi connectivity index (χ4v) is 1.69. The Balaban J connectivity index is 2.29. The van der Waals surface area contributed by atoms with E-state index in [1.165, 1.54) is 0 Å². The SMILES string of the molecule is Cc1ccc(CNCCCC(=O)O)c(Cl)c1. The number of nitrogens with one attached hydrogen (secondary N) is 1. The van der Waals surface area contributed by atoms with Crippen LogP contribution >= 0.6 is 11.6 Å². The normalized spacial score (nSPS) is 10.4. The van der Waals surface area contributed by atoms with Crippen LogP contribution in [0.5, 0.6) is 0 Å². The molecule has 0 aliphatic heterocycles. The van der Waals surface area contributed by atoms with Crippen molar-refractivity contribution in [1.29, 1.82) is 0 Å². The van der Waals surface area contributed by atoms with Crippen molar-refractivity contribution in [3.63, 3.8) is 0 Å². The summed E-state index contributed by atoms with van der Waals surface area (Å²) in [6, 6.07) is 5.93. The van der Waals surface area contributed by atoms with E-state index in [2.05, 4.69) is 5.32 Å². The molecule has 16 heavy (non-hydrogen) atoms. The summed E-state index contributed by atoms with van der Waals surface area (Å²) < 4.78 is 0. The van der Waals surface area contributed by atoms with Crippen LogP contribution in [0.15, 0.2) is 18.2 Å². The first-order valence-corrected chi connectivity index (χ1v) is 5.65. The molecule has 0 atom stereocenters. The maximum atomic E-state index is 10.3. The molecule has 1 aromatic carbocycles. The van der Waals surface area contributed by atoms with Crippen molar-refractivity contribution < 1.29 is 9.90 Å². The summed E-state index contributed by atoms with van der Waals surface area (Å²) in [6.45, 7) is 3.37. The van der Waals surface area contributed by atoms with Crippen LogP contribution in [0.4, 0.5) is 0 Å². The van der Waals surface area contributed by atoms with Crippen molar-refractivity contribution in [2.75, 3.05) is 6.54 Å². The lowest BCUT2D eigenvalue weighted by atomic mass is 10.1. The molecular formula is C12H16ClNO2. The van der Waals surface area contributed by atoms with Crippen LogP contribution < -0.4 is 5.32 Å². The average molecular weight is 242 g/mol. The van der Waals surface area contributed by atoms with Crippen LogP contribution in [-0.4, -0.2) is 17.6 Å². The van der Waals surface area contributed by atoms with Crippen molar-refractivity contribution in [3.05, 3.63) is 34.3 Å². The first kappa shape index (κ1) is 13.0. The fraction of sp³-hybridized carbons (Fsp3) is 0.417. The smallest absolute Gasteiger partial charge is 0.303 e. The zero-order valence-corrected chi connectivity index (χ0v) is 10.0. The molecule has 0 saturated heterocycles. The van der Waals surface area contributed by atoms with Crippen LogP contribution in [-0.2, 0) is 11.3 Å². The van der Waals surface area contributed by atoms with Gasteiger partial charge in [0.05, 0.1) is 0 Å². The number of halogens is 1. The predicted molar refractivity (Wildman–Crippen MR) is 64.8 cm³/mol. The standard InChI is InChI=1S/C12H16ClNO2/c1-9-4-5-10(11(13)7-9)8-14-6-2-3-12(15)16/h4-5,7,14H,2-3,6,8H2,1H3,(H,15,16). The molecule has 4 heteroatoms. The topological polar surface area (TPSA) is 49.3 Å². The maximum absolute atomic E-state index is 10.3. The van der Waals surface area contributed by atoms with Gasteiger partial charge in [0.25, 0.3) is 0 Å². The minimum atomic E-state index is -0.754. The number of carboxylic acid groups (broad SMARTS) is 1. The molecular weight excluding hydrogens is 226 g/mol. The van der Waals surface area contributed by atoms with E-state index >= 15 is 0 Å². The molecule has 88 valence electrons. The third-order valence-electron chi connectivity index (χ3n) is 2.27. The van der Waals surface area contributed by atoms with E-state index in [0.29, 0.717) is 19.5 Å². The maximum Gasteiger partial charge on any atom is 0.303 e. The lowest BCUT2D eigenvalue weighted by molar-refractivity contribution is -0.137. The molecule has 3 nitrogen and oxygen atoms in total. The molecule has 0 spiro atoms. The summed E-state index contributed by atoms with van der Waals surface area (Å²) in [6.07, 6.45) is 0.841. The van der Waals surface area contributed by atoms with Crippen molar-refractivity contribution >= 4 is 17.6 Å². The highest BCUT2D eigenvalue weighted by Crippen LogP contribution is 2.17. The summed E-state index contributed by atoms with van der Waals surface area (Å²) >= 11 is 6.06. The Morgan fingerprint density at radius 1 is 1.50 bits per heavy atom. The number of benzene rings is 1. The van der Waals surface area contributed by atoms with Gasteiger partial charge < -0.3 is 10.4 Å². The average Bonchev–Trinajstić information content (AvgIpc) is 2.20. The molecule has 1 aromatic rings. The van der Waals surface area contributed by atoms with Gasteiger partial charge in [-0.3, -0.25) is 4.79 Å². The number of aryl methyl sites for hydroxylation is 1. The van der Waals surface area contributed by atoms with E-state index in [4.69, 9.17) is 16.7 Å². The number of hydrogen-bond acceptors (Lipinski definition) is 2. The van der Waals surface area contributed by atoms with Gasteiger partial charge >= 0.3 is 5.97 Å². The molecule has 0 aliphatic rings. The molecule has 0 amide bonds. The number of carboxylic acids is 1. The van der Waals surface area contributed by atoms with E-state index < -0.39 is 5.97 Å². The van der Waals surface area contributed by atoms with Crippen LogP contribution in [0.3, 0.4) is 0 Å². The highest BCUT2D eigenvalue weighted by atomic mass is 35.5. The summed E-state index contributed by atoms with van der Waals surface area (Å²) in [4.78, 5) is 10.3. The monoisotopic (exact) mass is 241 g/mol. The highest BCUT2D eigenvalue weighted by molar-refractivity contribution is 6.31. The second kappa shape index (κ2) is 6.51. The Bertz CT molecular complexity index is 366. The number of rotatable bonds is 6. The lowest BCUT2D eigenvalue weighted by Crippen LogP contribution is -2.16. The van der Waals surface area contributed by atoms with Crippen LogP contribution in [0.2, 0.25) is 5.02 Å². The minimum Gasteiger partial charge on any atom is -0.481 e. The van der Waals surface area contributed by atoms with Crippen molar-refractivity contribution in [2.24, 2.45) is 0 Å². The van der Waals surface area contributed by atoms with E-state index in [9.17, 15) is 4.79 Å². The first-order valence-electron chi connectivity index (χ1n) is 5.27. The van der Waals surface area contributed by atoms with E-state index in [-0.39, 0.29) is 6.42 Å². The largest absolute Gasteiger partial charge is 0.481 e. The van der Waals surface area contributed by atoms with Gasteiger partial charge in [-0.15, -0.1) is 0 Å². The summed E-state index contributed by atoms with van der Waals surface area (Å²) in [5.74, 6) is -0.754. The van der Waals surface area contributed by atoms with Crippen LogP contribution in [0, 0.1) is 6.92 Å². The Labute approximate surface area is 100 Å². The zero-order valence-electron chi connectivity index (χ0n) is 9.29. The van der Waals surface area contributed by atoms with Crippen molar-refractivity contribution in [3.8, 4) is 0 Å². The second-order valence-corrected chi connectivity index (χ2v) is 4.18. The van der Waals surface area contributed by atoms with Gasteiger partial charge in [-0.25, -0.2) is 0 Å². The number of aliphatic carboxylic acids is 1. The van der Waals surface area contributed by atoms with Crippen molar-refractivity contribution in [1.82, 2.24) is 5.32 Å². The Kier molecular flexibility index (Phi) is 5.29. The predicted octanol–water partition coefficient (Wildman–Crippen LogP) is 2.60. The fourth-order valence-electron chi connectivity index (χ4n) is 1.38. The Hall–Kier alpha value is -1.06. The van der Waals surface area contributed by atoms with E-state index in [1.807, 2.05) is 25.1 Å². The first-order chi connectivity index (χ1) is 7.59. The Morgan fingerprint density at radius 2 is 2.25 bits per heavy atom. The minimum absolute atomic E-state index is 0.203. The van der Waals surface area contributed by atoms with E-state index in [1.54, 1.807) is 0 Å². The van der Waals surface area contributed by atoms with Gasteiger partial charge in [0.15, 0.2) is 0 Å². The van der Waals surface area contributed by atoms with E-state index in [0.717, 1.165) is 16.1 Å². The summed E-state index contributed by atoms with van der Waals surface area (Å²) in [5, 5.41) is 12.4. The molecule has 0 radical (unpaired) electrons. The van der Waals surface area contributed by atoms with Gasteiger partial charge in [-0.1, -0.05) is 23.7 Å². The quantitative estimate of drug-likeness (QED) is 0.753. The molecule has 0 fully saturated rings. The molecule has 0 unspecified atom stereocenters. The molecule has 1 rings (SSSR count).